The minimum Gasteiger partial charge on any atom is -0.316 e. The maximum atomic E-state index is 2.42. The number of pyridine rings is 1. The van der Waals surface area contributed by atoms with Gasteiger partial charge in [-0.2, -0.15) is 0 Å². The summed E-state index contributed by atoms with van der Waals surface area (Å²) in [6, 6.07) is 77.2. The van der Waals surface area contributed by atoms with E-state index in [1.807, 2.05) is 0 Å². The topological polar surface area (TPSA) is 7.65 Å². The second-order valence-electron chi connectivity index (χ2n) is 14.5. The monoisotopic (exact) mass is 712 g/mol. The van der Waals surface area contributed by atoms with Crippen LogP contribution < -0.4 is 4.90 Å². The van der Waals surface area contributed by atoms with Gasteiger partial charge in [0.1, 0.15) is 0 Å². The van der Waals surface area contributed by atoms with E-state index in [1.165, 1.54) is 82.1 Å². The number of benzene rings is 9. The van der Waals surface area contributed by atoms with E-state index in [2.05, 4.69) is 228 Å². The molecule has 0 fully saturated rings. The van der Waals surface area contributed by atoms with E-state index in [1.54, 1.807) is 0 Å². The summed E-state index contributed by atoms with van der Waals surface area (Å²) in [6.07, 6.45) is 2.18. The average molecular weight is 713 g/mol. The molecule has 262 valence electrons. The van der Waals surface area contributed by atoms with Gasteiger partial charge in [0.25, 0.3) is 0 Å². The fourth-order valence-electron chi connectivity index (χ4n) is 8.81. The maximum Gasteiger partial charge on any atom is 0.0546 e. The Balaban J connectivity index is 1.08. The van der Waals surface area contributed by atoms with Crippen molar-refractivity contribution in [1.29, 1.82) is 0 Å². The van der Waals surface area contributed by atoms with E-state index in [9.17, 15) is 0 Å². The Morgan fingerprint density at radius 3 is 1.68 bits per heavy atom. The van der Waals surface area contributed by atoms with Gasteiger partial charge >= 0.3 is 0 Å². The van der Waals surface area contributed by atoms with Crippen molar-refractivity contribution in [2.24, 2.45) is 0 Å². The van der Waals surface area contributed by atoms with E-state index in [0.717, 1.165) is 17.1 Å². The largest absolute Gasteiger partial charge is 0.316 e. The number of fused-ring (bicyclic) bond motifs is 8. The lowest BCUT2D eigenvalue weighted by molar-refractivity contribution is 1.26. The van der Waals surface area contributed by atoms with Crippen molar-refractivity contribution in [2.45, 2.75) is 0 Å². The second kappa shape index (κ2) is 13.2. The molecule has 0 radical (unpaired) electrons. The molecule has 2 heteroatoms. The van der Waals surface area contributed by atoms with Crippen LogP contribution in [0.3, 0.4) is 0 Å². The molecule has 0 amide bonds. The van der Waals surface area contributed by atoms with Crippen LogP contribution in [0.1, 0.15) is 0 Å². The van der Waals surface area contributed by atoms with Crippen molar-refractivity contribution in [2.75, 3.05) is 4.90 Å². The Kier molecular flexibility index (Phi) is 7.53. The third-order valence-corrected chi connectivity index (χ3v) is 11.4. The molecular weight excluding hydrogens is 677 g/mol. The summed E-state index contributed by atoms with van der Waals surface area (Å²) in [6.45, 7) is 0. The standard InChI is InChI=1S/C54H36N2/c1-3-14-37(15-4-1)38-25-29-42(30-26-38)56(52-36-41-18-7-8-19-45(41)46-20-9-10-21-48(46)52)43-31-27-39(28-32-43)44-22-13-23-49-47(44)33-34-51-54(49)53(40-16-5-2-6-17-40)50-24-11-12-35-55(50)51/h1-36H. The van der Waals surface area contributed by atoms with Gasteiger partial charge in [0.2, 0.25) is 0 Å². The molecule has 0 aliphatic carbocycles. The number of hydrogen-bond acceptors (Lipinski definition) is 1. The molecule has 0 atom stereocenters. The Morgan fingerprint density at radius 1 is 0.339 bits per heavy atom. The first-order valence-electron chi connectivity index (χ1n) is 19.3. The zero-order valence-electron chi connectivity index (χ0n) is 30.7. The van der Waals surface area contributed by atoms with Crippen LogP contribution in [0.2, 0.25) is 0 Å². The molecule has 0 saturated carbocycles. The van der Waals surface area contributed by atoms with Gasteiger partial charge in [-0.1, -0.05) is 164 Å². The summed E-state index contributed by atoms with van der Waals surface area (Å²) in [7, 11) is 0. The zero-order valence-corrected chi connectivity index (χ0v) is 30.7. The molecule has 0 aliphatic heterocycles. The number of hydrogen-bond donors (Lipinski definition) is 0. The molecule has 11 aromatic rings. The first kappa shape index (κ1) is 32.0. The molecule has 0 aliphatic rings. The van der Waals surface area contributed by atoms with Gasteiger partial charge in [0.15, 0.2) is 0 Å². The Hall–Kier alpha value is -7.42. The van der Waals surface area contributed by atoms with Crippen molar-refractivity contribution in [1.82, 2.24) is 4.40 Å². The summed E-state index contributed by atoms with van der Waals surface area (Å²) in [5, 5.41) is 8.74. The van der Waals surface area contributed by atoms with Crippen LogP contribution >= 0.6 is 0 Å². The van der Waals surface area contributed by atoms with Crippen LogP contribution in [0.25, 0.3) is 82.1 Å². The predicted molar refractivity (Wildman–Crippen MR) is 238 cm³/mol. The maximum absolute atomic E-state index is 2.42. The van der Waals surface area contributed by atoms with Crippen molar-refractivity contribution in [3.8, 4) is 33.4 Å². The summed E-state index contributed by atoms with van der Waals surface area (Å²) in [4.78, 5) is 2.42. The van der Waals surface area contributed by atoms with Crippen molar-refractivity contribution < 1.29 is 0 Å². The van der Waals surface area contributed by atoms with Crippen LogP contribution in [0.5, 0.6) is 0 Å². The smallest absolute Gasteiger partial charge is 0.0546 e. The highest BCUT2D eigenvalue weighted by atomic mass is 15.1. The fraction of sp³-hybridized carbons (Fsp3) is 0. The third-order valence-electron chi connectivity index (χ3n) is 11.4. The average Bonchev–Trinajstić information content (AvgIpc) is 3.62. The van der Waals surface area contributed by atoms with Gasteiger partial charge < -0.3 is 9.30 Å². The predicted octanol–water partition coefficient (Wildman–Crippen LogP) is 15.0. The Morgan fingerprint density at radius 2 is 0.929 bits per heavy atom. The van der Waals surface area contributed by atoms with Gasteiger partial charge in [-0.15, -0.1) is 0 Å². The Labute approximate surface area is 325 Å². The lowest BCUT2D eigenvalue weighted by atomic mass is 9.93. The third kappa shape index (κ3) is 5.19. The van der Waals surface area contributed by atoms with Gasteiger partial charge in [0.05, 0.1) is 16.7 Å². The van der Waals surface area contributed by atoms with Gasteiger partial charge in [-0.3, -0.25) is 0 Å². The first-order chi connectivity index (χ1) is 27.8. The van der Waals surface area contributed by atoms with Crippen LogP contribution in [-0.4, -0.2) is 4.40 Å². The SMILES string of the molecule is c1ccc(-c2ccc(N(c3ccc(-c4cccc5c4ccc4c5c(-c5ccccc5)c5ccccn54)cc3)c3cc4ccccc4c4ccccc34)cc2)cc1. The number of nitrogens with zero attached hydrogens (tertiary/aromatic N) is 2. The van der Waals surface area contributed by atoms with E-state index in [0.29, 0.717) is 0 Å². The minimum atomic E-state index is 1.11. The highest BCUT2D eigenvalue weighted by Gasteiger charge is 2.20. The molecule has 0 spiro atoms. The molecule has 2 nitrogen and oxygen atoms in total. The zero-order chi connectivity index (χ0) is 37.0. The molecule has 0 bridgehead atoms. The number of anilines is 3. The molecule has 9 aromatic carbocycles. The number of aromatic nitrogens is 1. The van der Waals surface area contributed by atoms with Crippen LogP contribution in [0.4, 0.5) is 17.1 Å². The normalized spacial score (nSPS) is 11.6. The lowest BCUT2D eigenvalue weighted by Gasteiger charge is -2.28. The van der Waals surface area contributed by atoms with Gasteiger partial charge in [-0.25, -0.2) is 0 Å². The van der Waals surface area contributed by atoms with Crippen LogP contribution in [-0.2, 0) is 0 Å². The van der Waals surface area contributed by atoms with Crippen molar-refractivity contribution >= 4 is 65.8 Å². The second-order valence-corrected chi connectivity index (χ2v) is 14.5. The quantitative estimate of drug-likeness (QED) is 0.156. The molecule has 0 saturated heterocycles. The molecule has 2 heterocycles. The molecule has 2 aromatic heterocycles. The van der Waals surface area contributed by atoms with Crippen LogP contribution in [0, 0.1) is 0 Å². The summed E-state index contributed by atoms with van der Waals surface area (Å²) < 4.78 is 2.33. The van der Waals surface area contributed by atoms with E-state index < -0.39 is 0 Å². The fourth-order valence-corrected chi connectivity index (χ4v) is 8.81. The van der Waals surface area contributed by atoms with Crippen molar-refractivity contribution in [3.63, 3.8) is 0 Å². The minimum absolute atomic E-state index is 1.11. The van der Waals surface area contributed by atoms with E-state index >= 15 is 0 Å². The van der Waals surface area contributed by atoms with Crippen LogP contribution in [0.15, 0.2) is 219 Å². The van der Waals surface area contributed by atoms with E-state index in [4.69, 9.17) is 0 Å². The molecule has 56 heavy (non-hydrogen) atoms. The van der Waals surface area contributed by atoms with Gasteiger partial charge in [-0.05, 0) is 103 Å². The van der Waals surface area contributed by atoms with Crippen molar-refractivity contribution in [3.05, 3.63) is 219 Å². The Bertz CT molecular complexity index is 3210. The van der Waals surface area contributed by atoms with Gasteiger partial charge in [0, 0.05) is 33.9 Å². The first-order valence-corrected chi connectivity index (χ1v) is 19.3. The molecular formula is C54H36N2. The summed E-state index contributed by atoms with van der Waals surface area (Å²) >= 11 is 0. The lowest BCUT2D eigenvalue weighted by Crippen LogP contribution is -2.10. The molecule has 0 N–H and O–H groups in total. The van der Waals surface area contributed by atoms with E-state index in [-0.39, 0.29) is 0 Å². The summed E-state index contributed by atoms with van der Waals surface area (Å²) in [5.41, 5.74) is 13.1. The highest BCUT2D eigenvalue weighted by molar-refractivity contribution is 6.21. The number of rotatable bonds is 6. The highest BCUT2D eigenvalue weighted by Crippen LogP contribution is 2.45. The summed E-state index contributed by atoms with van der Waals surface area (Å²) in [5.74, 6) is 0. The molecule has 11 rings (SSSR count). The molecule has 0 unspecified atom stereocenters.